The molecule has 0 bridgehead atoms. The van der Waals surface area contributed by atoms with Gasteiger partial charge in [-0.15, -0.1) is 11.6 Å². The highest BCUT2D eigenvalue weighted by atomic mass is 35.5. The number of carbonyl (C=O) groups excluding carboxylic acids is 1. The molecule has 1 amide bonds. The van der Waals surface area contributed by atoms with Gasteiger partial charge in [0.25, 0.3) is 0 Å². The van der Waals surface area contributed by atoms with Crippen LogP contribution in [-0.2, 0) is 10.6 Å². The fraction of sp³-hybridized carbons (Fsp3) is 0.357. The Morgan fingerprint density at radius 3 is 2.76 bits per heavy atom. The van der Waals surface area contributed by atoms with E-state index in [1.807, 2.05) is 0 Å². The van der Waals surface area contributed by atoms with E-state index in [0.717, 1.165) is 5.39 Å². The number of anilines is 1. The van der Waals surface area contributed by atoms with Gasteiger partial charge in [0.15, 0.2) is 0 Å². The van der Waals surface area contributed by atoms with Gasteiger partial charge in [-0.2, -0.15) is 0 Å². The van der Waals surface area contributed by atoms with Crippen LogP contribution in [0.2, 0.25) is 0 Å². The normalized spacial score (nSPS) is 11.4. The summed E-state index contributed by atoms with van der Waals surface area (Å²) < 4.78 is 5.14. The lowest BCUT2D eigenvalue weighted by Crippen LogP contribution is -2.27. The lowest BCUT2D eigenvalue weighted by atomic mass is 10.2. The monoisotopic (exact) mass is 309 g/mol. The van der Waals surface area contributed by atoms with E-state index in [2.05, 4.69) is 15.3 Å². The molecule has 0 saturated carbocycles. The minimum atomic E-state index is -0.606. The van der Waals surface area contributed by atoms with Crippen molar-refractivity contribution in [3.63, 3.8) is 0 Å². The van der Waals surface area contributed by atoms with E-state index >= 15 is 0 Å². The predicted molar refractivity (Wildman–Crippen MR) is 81.8 cm³/mol. The lowest BCUT2D eigenvalue weighted by molar-refractivity contribution is 0.0635. The molecule has 0 aliphatic rings. The van der Waals surface area contributed by atoms with Crippen LogP contribution in [0.1, 0.15) is 26.3 Å². The molecule has 0 fully saturated rings. The Morgan fingerprint density at radius 1 is 1.43 bits per heavy atom. The Bertz CT molecular complexity index is 734. The van der Waals surface area contributed by atoms with Gasteiger partial charge in [0.05, 0.1) is 0 Å². The van der Waals surface area contributed by atoms with Crippen LogP contribution >= 0.6 is 11.6 Å². The molecule has 0 radical (unpaired) electrons. The van der Waals surface area contributed by atoms with Gasteiger partial charge >= 0.3 is 6.09 Å². The fourth-order valence-electron chi connectivity index (χ4n) is 1.79. The molecule has 2 N–H and O–H groups in total. The zero-order valence-corrected chi connectivity index (χ0v) is 12.7. The first-order chi connectivity index (χ1) is 9.78. The van der Waals surface area contributed by atoms with Gasteiger partial charge in [-0.05, 0) is 38.5 Å². The Balaban J connectivity index is 2.31. The summed E-state index contributed by atoms with van der Waals surface area (Å²) in [5, 5.41) is 3.26. The van der Waals surface area contributed by atoms with Crippen LogP contribution in [0.3, 0.4) is 0 Å². The summed E-state index contributed by atoms with van der Waals surface area (Å²) in [7, 11) is 0. The molecule has 0 aliphatic carbocycles. The lowest BCUT2D eigenvalue weighted by Gasteiger charge is -2.19. The molecule has 2 aromatic heterocycles. The maximum atomic E-state index is 11.7. The van der Waals surface area contributed by atoms with Gasteiger partial charge in [0, 0.05) is 17.3 Å². The molecule has 112 valence electrons. The van der Waals surface area contributed by atoms with Gasteiger partial charge in [-0.25, -0.2) is 9.78 Å². The predicted octanol–water partition coefficient (Wildman–Crippen LogP) is 3.01. The molecule has 0 aromatic carbocycles. The van der Waals surface area contributed by atoms with Crippen molar-refractivity contribution < 1.29 is 9.53 Å². The summed E-state index contributed by atoms with van der Waals surface area (Å²) in [6, 6.07) is 4.79. The number of carbonyl (C=O) groups is 1. The summed E-state index contributed by atoms with van der Waals surface area (Å²) in [6.45, 7) is 5.31. The quantitative estimate of drug-likeness (QED) is 0.835. The fourth-order valence-corrected chi connectivity index (χ4v) is 2.01. The number of nitrogens with one attached hydrogen (secondary N) is 2. The number of H-pyrrole nitrogens is 1. The van der Waals surface area contributed by atoms with Crippen LogP contribution < -0.4 is 10.9 Å². The Hall–Kier alpha value is -2.08. The van der Waals surface area contributed by atoms with Gasteiger partial charge in [0.2, 0.25) is 5.56 Å². The number of hydrogen-bond donors (Lipinski definition) is 2. The van der Waals surface area contributed by atoms with E-state index in [0.29, 0.717) is 17.0 Å². The van der Waals surface area contributed by atoms with Crippen molar-refractivity contribution in [2.45, 2.75) is 32.3 Å². The van der Waals surface area contributed by atoms with Crippen LogP contribution in [0, 0.1) is 0 Å². The first-order valence-electron chi connectivity index (χ1n) is 6.37. The zero-order valence-electron chi connectivity index (χ0n) is 12.0. The van der Waals surface area contributed by atoms with Gasteiger partial charge in [0.1, 0.15) is 17.1 Å². The van der Waals surface area contributed by atoms with Crippen molar-refractivity contribution >= 4 is 34.5 Å². The smallest absolute Gasteiger partial charge is 0.413 e. The summed E-state index contributed by atoms with van der Waals surface area (Å²) >= 11 is 5.80. The van der Waals surface area contributed by atoms with Crippen molar-refractivity contribution in [2.24, 2.45) is 0 Å². The van der Waals surface area contributed by atoms with Gasteiger partial charge < -0.3 is 9.72 Å². The number of pyridine rings is 2. The average molecular weight is 310 g/mol. The average Bonchev–Trinajstić information content (AvgIpc) is 2.34. The highest BCUT2D eigenvalue weighted by Gasteiger charge is 2.16. The number of rotatable bonds is 2. The zero-order chi connectivity index (χ0) is 15.6. The molecule has 21 heavy (non-hydrogen) atoms. The Kier molecular flexibility index (Phi) is 4.18. The molecule has 0 spiro atoms. The van der Waals surface area contributed by atoms with Crippen molar-refractivity contribution in [3.05, 3.63) is 34.1 Å². The first-order valence-corrected chi connectivity index (χ1v) is 6.91. The van der Waals surface area contributed by atoms with E-state index in [1.54, 1.807) is 32.9 Å². The minimum Gasteiger partial charge on any atom is -0.444 e. The third kappa shape index (κ3) is 3.95. The highest BCUT2D eigenvalue weighted by molar-refractivity contribution is 6.17. The van der Waals surface area contributed by atoms with Crippen molar-refractivity contribution in [2.75, 3.05) is 5.32 Å². The minimum absolute atomic E-state index is 0.209. The number of fused-ring (bicyclic) bond motifs is 1. The topological polar surface area (TPSA) is 84.1 Å². The van der Waals surface area contributed by atoms with Crippen LogP contribution in [0.15, 0.2) is 23.0 Å². The summed E-state index contributed by atoms with van der Waals surface area (Å²) in [6.07, 6.45) is -0.606. The largest absolute Gasteiger partial charge is 0.444 e. The molecule has 7 heteroatoms. The van der Waals surface area contributed by atoms with Crippen LogP contribution in [0.4, 0.5) is 10.6 Å². The van der Waals surface area contributed by atoms with Crippen molar-refractivity contribution in [1.82, 2.24) is 9.97 Å². The molecule has 6 nitrogen and oxygen atoms in total. The second-order valence-corrected chi connectivity index (χ2v) is 5.78. The second kappa shape index (κ2) is 5.73. The number of alkyl halides is 1. The van der Waals surface area contributed by atoms with Crippen LogP contribution in [0.25, 0.3) is 11.0 Å². The van der Waals surface area contributed by atoms with E-state index in [4.69, 9.17) is 16.3 Å². The summed E-state index contributed by atoms with van der Waals surface area (Å²) in [5.74, 6) is 0.500. The summed E-state index contributed by atoms with van der Waals surface area (Å²) in [4.78, 5) is 30.0. The second-order valence-electron chi connectivity index (χ2n) is 5.51. The Morgan fingerprint density at radius 2 is 2.14 bits per heavy atom. The SMILES string of the molecule is CC(C)(C)OC(=O)Nc1ccc2c(CCl)cc(=O)[nH]c2n1. The third-order valence-corrected chi connectivity index (χ3v) is 2.85. The molecule has 0 atom stereocenters. The highest BCUT2D eigenvalue weighted by Crippen LogP contribution is 2.18. The number of nitrogens with zero attached hydrogens (tertiary/aromatic N) is 1. The van der Waals surface area contributed by atoms with Crippen LogP contribution in [0.5, 0.6) is 0 Å². The van der Waals surface area contributed by atoms with Gasteiger partial charge in [-0.3, -0.25) is 10.1 Å². The van der Waals surface area contributed by atoms with E-state index in [1.165, 1.54) is 6.07 Å². The molecule has 2 rings (SSSR count). The number of aromatic amines is 1. The molecule has 0 aliphatic heterocycles. The van der Waals surface area contributed by atoms with Crippen LogP contribution in [-0.4, -0.2) is 21.7 Å². The Labute approximate surface area is 126 Å². The van der Waals surface area contributed by atoms with E-state index in [-0.39, 0.29) is 11.4 Å². The number of ether oxygens (including phenoxy) is 1. The standard InChI is InChI=1S/C14H16ClN3O3/c1-14(2,3)21-13(20)17-10-5-4-9-8(7-15)6-11(19)18-12(9)16-10/h4-6H,7H2,1-3H3,(H2,16,17,18,19,20). The van der Waals surface area contributed by atoms with Crippen molar-refractivity contribution in [1.29, 1.82) is 0 Å². The van der Waals surface area contributed by atoms with E-state index in [9.17, 15) is 9.59 Å². The number of amides is 1. The number of hydrogen-bond acceptors (Lipinski definition) is 4. The van der Waals surface area contributed by atoms with E-state index < -0.39 is 11.7 Å². The molecule has 2 aromatic rings. The third-order valence-electron chi connectivity index (χ3n) is 2.56. The van der Waals surface area contributed by atoms with Crippen molar-refractivity contribution in [3.8, 4) is 0 Å². The number of halogens is 1. The number of aromatic nitrogens is 2. The maximum absolute atomic E-state index is 11.7. The molecule has 0 unspecified atom stereocenters. The first kappa shape index (κ1) is 15.3. The molecular weight excluding hydrogens is 294 g/mol. The molecular formula is C14H16ClN3O3. The maximum Gasteiger partial charge on any atom is 0.413 e. The molecule has 0 saturated heterocycles. The van der Waals surface area contributed by atoms with Gasteiger partial charge in [-0.1, -0.05) is 0 Å². The molecule has 2 heterocycles. The summed E-state index contributed by atoms with van der Waals surface area (Å²) in [5.41, 5.74) is 0.166.